The second-order valence-corrected chi connectivity index (χ2v) is 9.37. The van der Waals surface area contributed by atoms with Gasteiger partial charge < -0.3 is 10.3 Å². The maximum absolute atomic E-state index is 6.06. The summed E-state index contributed by atoms with van der Waals surface area (Å²) in [7, 11) is 0. The van der Waals surface area contributed by atoms with Crippen LogP contribution in [-0.4, -0.2) is 32.9 Å². The summed E-state index contributed by atoms with van der Waals surface area (Å²) in [5, 5.41) is 5.98. The standard InChI is InChI=1S/C15H25N3OS2/c1-10-11(2)21-12(8-20-10)13-17-14(19-18-13)15(9-16)6-4-3-5-7-15/h10-12H,3-9,16H2,1-2H3. The normalized spacial score (nSPS) is 33.0. The lowest BCUT2D eigenvalue weighted by Gasteiger charge is -2.32. The van der Waals surface area contributed by atoms with Crippen molar-refractivity contribution in [1.82, 2.24) is 10.1 Å². The summed E-state index contributed by atoms with van der Waals surface area (Å²) in [6.07, 6.45) is 5.92. The second kappa shape index (κ2) is 6.50. The molecule has 1 saturated carbocycles. The Hall–Kier alpha value is -0.200. The summed E-state index contributed by atoms with van der Waals surface area (Å²) in [5.41, 5.74) is 6.00. The molecule has 21 heavy (non-hydrogen) atoms. The highest BCUT2D eigenvalue weighted by Crippen LogP contribution is 2.44. The van der Waals surface area contributed by atoms with Crippen LogP contribution in [0.2, 0.25) is 0 Å². The molecule has 3 unspecified atom stereocenters. The van der Waals surface area contributed by atoms with E-state index in [1.165, 1.54) is 19.3 Å². The topological polar surface area (TPSA) is 64.9 Å². The Morgan fingerprint density at radius 2 is 2.00 bits per heavy atom. The lowest BCUT2D eigenvalue weighted by Crippen LogP contribution is -2.37. The van der Waals surface area contributed by atoms with Crippen LogP contribution in [0.5, 0.6) is 0 Å². The summed E-state index contributed by atoms with van der Waals surface area (Å²) >= 11 is 3.99. The fraction of sp³-hybridized carbons (Fsp3) is 0.867. The van der Waals surface area contributed by atoms with E-state index in [9.17, 15) is 0 Å². The van der Waals surface area contributed by atoms with Gasteiger partial charge in [-0.15, -0.1) is 11.8 Å². The molecular formula is C15H25N3OS2. The Morgan fingerprint density at radius 3 is 2.67 bits per heavy atom. The zero-order valence-corrected chi connectivity index (χ0v) is 14.5. The van der Waals surface area contributed by atoms with Crippen molar-refractivity contribution in [2.24, 2.45) is 5.73 Å². The molecule has 3 rings (SSSR count). The molecule has 0 aromatic carbocycles. The molecule has 0 radical (unpaired) electrons. The molecule has 1 aromatic heterocycles. The van der Waals surface area contributed by atoms with Gasteiger partial charge in [0.2, 0.25) is 5.89 Å². The smallest absolute Gasteiger partial charge is 0.234 e. The van der Waals surface area contributed by atoms with Gasteiger partial charge in [0.1, 0.15) is 0 Å². The molecule has 1 aliphatic heterocycles. The minimum atomic E-state index is -0.0606. The summed E-state index contributed by atoms with van der Waals surface area (Å²) in [5.74, 6) is 2.74. The van der Waals surface area contributed by atoms with Gasteiger partial charge in [0.25, 0.3) is 0 Å². The predicted octanol–water partition coefficient (Wildman–Crippen LogP) is 3.53. The largest absolute Gasteiger partial charge is 0.339 e. The number of thioether (sulfide) groups is 2. The predicted molar refractivity (Wildman–Crippen MR) is 89.8 cm³/mol. The molecule has 2 fully saturated rings. The SMILES string of the molecule is CC1SCC(c2noc(C3(CN)CCCCC3)n2)SC1C. The molecule has 6 heteroatoms. The van der Waals surface area contributed by atoms with Crippen LogP contribution in [0.25, 0.3) is 0 Å². The van der Waals surface area contributed by atoms with Crippen molar-refractivity contribution in [3.8, 4) is 0 Å². The fourth-order valence-electron chi connectivity index (χ4n) is 3.23. The van der Waals surface area contributed by atoms with Crippen molar-refractivity contribution in [3.63, 3.8) is 0 Å². The van der Waals surface area contributed by atoms with Crippen molar-refractivity contribution < 1.29 is 4.52 Å². The first-order valence-electron chi connectivity index (χ1n) is 7.96. The fourth-order valence-corrected chi connectivity index (χ4v) is 6.07. The van der Waals surface area contributed by atoms with E-state index in [0.29, 0.717) is 22.3 Å². The first-order valence-corrected chi connectivity index (χ1v) is 9.95. The second-order valence-electron chi connectivity index (χ2n) is 6.37. The van der Waals surface area contributed by atoms with E-state index in [4.69, 9.17) is 15.2 Å². The van der Waals surface area contributed by atoms with Crippen molar-refractivity contribution in [1.29, 1.82) is 0 Å². The van der Waals surface area contributed by atoms with Crippen LogP contribution >= 0.6 is 23.5 Å². The molecule has 118 valence electrons. The van der Waals surface area contributed by atoms with Crippen LogP contribution in [0, 0.1) is 0 Å². The van der Waals surface area contributed by atoms with E-state index in [0.717, 1.165) is 30.3 Å². The van der Waals surface area contributed by atoms with E-state index in [1.54, 1.807) is 0 Å². The van der Waals surface area contributed by atoms with Gasteiger partial charge in [0.15, 0.2) is 5.82 Å². The van der Waals surface area contributed by atoms with Crippen molar-refractivity contribution >= 4 is 23.5 Å². The zero-order chi connectivity index (χ0) is 14.9. The minimum absolute atomic E-state index is 0.0606. The lowest BCUT2D eigenvalue weighted by molar-refractivity contribution is 0.219. The van der Waals surface area contributed by atoms with Gasteiger partial charge in [-0.05, 0) is 12.8 Å². The molecule has 2 heterocycles. The van der Waals surface area contributed by atoms with E-state index in [-0.39, 0.29) is 5.41 Å². The molecule has 0 bridgehead atoms. The molecule has 3 atom stereocenters. The maximum atomic E-state index is 6.06. The molecule has 1 aliphatic carbocycles. The maximum Gasteiger partial charge on any atom is 0.234 e. The van der Waals surface area contributed by atoms with Crippen molar-refractivity contribution in [3.05, 3.63) is 11.7 Å². The van der Waals surface area contributed by atoms with Crippen LogP contribution in [0.3, 0.4) is 0 Å². The third-order valence-electron chi connectivity index (χ3n) is 4.94. The molecule has 2 aliphatic rings. The van der Waals surface area contributed by atoms with Gasteiger partial charge >= 0.3 is 0 Å². The van der Waals surface area contributed by atoms with Crippen LogP contribution in [0.15, 0.2) is 4.52 Å². The Balaban J connectivity index is 1.76. The Kier molecular flexibility index (Phi) is 4.86. The number of nitrogens with zero attached hydrogens (tertiary/aromatic N) is 2. The first-order chi connectivity index (χ1) is 10.1. The Morgan fingerprint density at radius 1 is 1.24 bits per heavy atom. The first kappa shape index (κ1) is 15.7. The van der Waals surface area contributed by atoms with Gasteiger partial charge in [-0.3, -0.25) is 0 Å². The van der Waals surface area contributed by atoms with E-state index >= 15 is 0 Å². The molecule has 0 amide bonds. The quantitative estimate of drug-likeness (QED) is 0.916. The number of nitrogens with two attached hydrogens (primary N) is 1. The van der Waals surface area contributed by atoms with E-state index in [1.807, 2.05) is 23.5 Å². The van der Waals surface area contributed by atoms with E-state index in [2.05, 4.69) is 19.0 Å². The van der Waals surface area contributed by atoms with Crippen molar-refractivity contribution in [2.75, 3.05) is 12.3 Å². The molecule has 1 saturated heterocycles. The van der Waals surface area contributed by atoms with Crippen LogP contribution in [0.4, 0.5) is 0 Å². The third-order valence-corrected chi connectivity index (χ3v) is 8.32. The summed E-state index contributed by atoms with van der Waals surface area (Å²) < 4.78 is 5.65. The highest BCUT2D eigenvalue weighted by Gasteiger charge is 2.39. The highest BCUT2D eigenvalue weighted by atomic mass is 32.2. The number of hydrogen-bond donors (Lipinski definition) is 1. The van der Waals surface area contributed by atoms with Gasteiger partial charge in [-0.2, -0.15) is 16.7 Å². The average molecular weight is 328 g/mol. The highest BCUT2D eigenvalue weighted by molar-refractivity contribution is 8.07. The lowest BCUT2D eigenvalue weighted by atomic mass is 9.74. The number of hydrogen-bond acceptors (Lipinski definition) is 6. The van der Waals surface area contributed by atoms with Crippen LogP contribution < -0.4 is 5.73 Å². The van der Waals surface area contributed by atoms with Crippen LogP contribution in [-0.2, 0) is 5.41 Å². The van der Waals surface area contributed by atoms with Gasteiger partial charge in [-0.25, -0.2) is 0 Å². The van der Waals surface area contributed by atoms with Gasteiger partial charge in [0, 0.05) is 22.8 Å². The molecular weight excluding hydrogens is 302 g/mol. The summed E-state index contributed by atoms with van der Waals surface area (Å²) in [4.78, 5) is 4.77. The third kappa shape index (κ3) is 3.13. The van der Waals surface area contributed by atoms with Gasteiger partial charge in [0.05, 0.1) is 10.7 Å². The molecule has 0 spiro atoms. The summed E-state index contributed by atoms with van der Waals surface area (Å²) in [6.45, 7) is 5.21. The average Bonchev–Trinajstić information content (AvgIpc) is 3.01. The number of aromatic nitrogens is 2. The Labute approximate surface area is 135 Å². The van der Waals surface area contributed by atoms with Gasteiger partial charge in [-0.1, -0.05) is 38.3 Å². The zero-order valence-electron chi connectivity index (χ0n) is 12.9. The number of rotatable bonds is 3. The minimum Gasteiger partial charge on any atom is -0.339 e. The molecule has 2 N–H and O–H groups in total. The Bertz CT molecular complexity index is 473. The summed E-state index contributed by atoms with van der Waals surface area (Å²) in [6, 6.07) is 0. The van der Waals surface area contributed by atoms with E-state index < -0.39 is 0 Å². The molecule has 4 nitrogen and oxygen atoms in total. The molecule has 1 aromatic rings. The monoisotopic (exact) mass is 327 g/mol. The van der Waals surface area contributed by atoms with Crippen LogP contribution in [0.1, 0.15) is 62.9 Å². The van der Waals surface area contributed by atoms with Crippen molar-refractivity contribution in [2.45, 2.75) is 67.1 Å².